The molecule has 0 fully saturated rings. The average Bonchev–Trinajstić information content (AvgIpc) is 3.26. The van der Waals surface area contributed by atoms with E-state index in [1.54, 1.807) is 31.1 Å². The molecule has 0 amide bonds. The fourth-order valence-electron chi connectivity index (χ4n) is 3.62. The fourth-order valence-corrected chi connectivity index (χ4v) is 3.62. The first-order chi connectivity index (χ1) is 16.2. The molecule has 0 atom stereocenters. The van der Waals surface area contributed by atoms with Crippen LogP contribution in [0.3, 0.4) is 0 Å². The molecule has 1 heterocycles. The Labute approximate surface area is 193 Å². The number of aromatic nitrogens is 3. The van der Waals surface area contributed by atoms with Gasteiger partial charge in [-0.2, -0.15) is 15.0 Å². The summed E-state index contributed by atoms with van der Waals surface area (Å²) in [5, 5.41) is 12.9. The van der Waals surface area contributed by atoms with E-state index in [1.165, 1.54) is 12.1 Å². The minimum Gasteiger partial charge on any atom is -0.493 e. The van der Waals surface area contributed by atoms with Crippen LogP contribution in [-0.4, -0.2) is 35.8 Å². The Hall–Kier alpha value is -3.71. The van der Waals surface area contributed by atoms with Crippen molar-refractivity contribution >= 4 is 0 Å². The first-order valence-electron chi connectivity index (χ1n) is 10.8. The van der Waals surface area contributed by atoms with Crippen molar-refractivity contribution in [1.82, 2.24) is 20.3 Å². The number of methoxy groups -OCH3 is 2. The maximum absolute atomic E-state index is 13.2. The molecule has 3 aromatic carbocycles. The monoisotopic (exact) mass is 446 g/mol. The number of rotatable bonds is 10. The van der Waals surface area contributed by atoms with Crippen LogP contribution in [0.15, 0.2) is 72.8 Å². The van der Waals surface area contributed by atoms with Crippen molar-refractivity contribution in [3.05, 3.63) is 95.4 Å². The van der Waals surface area contributed by atoms with E-state index in [9.17, 15) is 4.39 Å². The van der Waals surface area contributed by atoms with Gasteiger partial charge in [0.05, 0.1) is 20.8 Å². The molecule has 0 aliphatic rings. The lowest BCUT2D eigenvalue weighted by Crippen LogP contribution is -2.17. The molecular formula is C26H27FN4O2. The molecule has 4 aromatic rings. The van der Waals surface area contributed by atoms with Crippen molar-refractivity contribution in [1.29, 1.82) is 0 Å². The van der Waals surface area contributed by atoms with Gasteiger partial charge in [0.2, 0.25) is 0 Å². The smallest absolute Gasteiger partial charge is 0.160 e. The van der Waals surface area contributed by atoms with Gasteiger partial charge in [0.25, 0.3) is 0 Å². The van der Waals surface area contributed by atoms with Gasteiger partial charge in [0.15, 0.2) is 11.5 Å². The quantitative estimate of drug-likeness (QED) is 0.364. The summed E-state index contributed by atoms with van der Waals surface area (Å²) in [5.74, 6) is 1.20. The van der Waals surface area contributed by atoms with Gasteiger partial charge in [-0.05, 0) is 48.4 Å². The van der Waals surface area contributed by atoms with E-state index >= 15 is 0 Å². The molecule has 0 radical (unpaired) electrons. The molecule has 170 valence electrons. The molecule has 7 heteroatoms. The molecule has 4 rings (SSSR count). The van der Waals surface area contributed by atoms with E-state index in [4.69, 9.17) is 19.7 Å². The van der Waals surface area contributed by atoms with Crippen LogP contribution in [0.2, 0.25) is 0 Å². The van der Waals surface area contributed by atoms with Crippen LogP contribution in [0.25, 0.3) is 11.3 Å². The summed E-state index contributed by atoms with van der Waals surface area (Å²) in [6.45, 7) is 1.83. The molecular weight excluding hydrogens is 419 g/mol. The number of nitrogens with zero attached hydrogens (tertiary/aromatic N) is 3. The van der Waals surface area contributed by atoms with E-state index < -0.39 is 0 Å². The Balaban J connectivity index is 1.44. The van der Waals surface area contributed by atoms with E-state index in [2.05, 4.69) is 5.32 Å². The summed E-state index contributed by atoms with van der Waals surface area (Å²) >= 11 is 0. The molecule has 0 unspecified atom stereocenters. The first-order valence-corrected chi connectivity index (χ1v) is 10.8. The van der Waals surface area contributed by atoms with Crippen LogP contribution in [0.1, 0.15) is 16.8 Å². The molecule has 33 heavy (non-hydrogen) atoms. The van der Waals surface area contributed by atoms with Gasteiger partial charge in [0.1, 0.15) is 17.2 Å². The minimum atomic E-state index is -0.253. The van der Waals surface area contributed by atoms with Gasteiger partial charge in [0, 0.05) is 12.1 Å². The zero-order valence-electron chi connectivity index (χ0n) is 18.8. The van der Waals surface area contributed by atoms with Crippen molar-refractivity contribution in [3.8, 4) is 22.8 Å². The average molecular weight is 447 g/mol. The normalized spacial score (nSPS) is 10.9. The predicted octanol–water partition coefficient (Wildman–Crippen LogP) is 4.48. The highest BCUT2D eigenvalue weighted by molar-refractivity contribution is 5.60. The Bertz CT molecular complexity index is 1180. The van der Waals surface area contributed by atoms with Gasteiger partial charge in [-0.25, -0.2) is 4.39 Å². The van der Waals surface area contributed by atoms with Crippen molar-refractivity contribution in [3.63, 3.8) is 0 Å². The molecule has 0 bridgehead atoms. The van der Waals surface area contributed by atoms with Gasteiger partial charge in [-0.15, -0.1) is 0 Å². The highest BCUT2D eigenvalue weighted by atomic mass is 19.1. The molecule has 6 nitrogen and oxygen atoms in total. The number of benzene rings is 3. The van der Waals surface area contributed by atoms with Crippen molar-refractivity contribution in [2.45, 2.75) is 19.5 Å². The third-order valence-corrected chi connectivity index (χ3v) is 5.34. The van der Waals surface area contributed by atoms with Gasteiger partial charge in [-0.3, -0.25) is 0 Å². The second-order valence-corrected chi connectivity index (χ2v) is 7.63. The predicted molar refractivity (Wildman–Crippen MR) is 126 cm³/mol. The third kappa shape index (κ3) is 5.75. The molecule has 0 aliphatic heterocycles. The van der Waals surface area contributed by atoms with Crippen LogP contribution in [0, 0.1) is 5.82 Å². The molecule has 0 saturated heterocycles. The Morgan fingerprint density at radius 1 is 0.848 bits per heavy atom. The van der Waals surface area contributed by atoms with Crippen molar-refractivity contribution in [2.24, 2.45) is 0 Å². The summed E-state index contributed by atoms with van der Waals surface area (Å²) in [7, 11) is 3.27. The highest BCUT2D eigenvalue weighted by Gasteiger charge is 2.13. The lowest BCUT2D eigenvalue weighted by molar-refractivity contribution is 0.354. The van der Waals surface area contributed by atoms with E-state index in [0.29, 0.717) is 13.1 Å². The van der Waals surface area contributed by atoms with Crippen LogP contribution in [0.5, 0.6) is 11.5 Å². The standard InChI is InChI=1S/C26H27FN4O2/c1-32-24-13-10-19(16-25(24)33-2)14-15-28-17-23-26(21-6-4-3-5-7-21)30-31(29-23)18-20-8-11-22(27)12-9-20/h3-13,16,28H,14-15,17-18H2,1-2H3. The molecule has 0 saturated carbocycles. The van der Waals surface area contributed by atoms with Crippen molar-refractivity contribution < 1.29 is 13.9 Å². The van der Waals surface area contributed by atoms with E-state index in [1.807, 2.05) is 48.5 Å². The maximum atomic E-state index is 13.2. The maximum Gasteiger partial charge on any atom is 0.160 e. The number of nitrogens with one attached hydrogen (secondary N) is 1. The third-order valence-electron chi connectivity index (χ3n) is 5.34. The number of hydrogen-bond acceptors (Lipinski definition) is 5. The molecule has 0 spiro atoms. The van der Waals surface area contributed by atoms with Gasteiger partial charge in [-0.1, -0.05) is 48.5 Å². The second-order valence-electron chi connectivity index (χ2n) is 7.63. The number of hydrogen-bond donors (Lipinski definition) is 1. The summed E-state index contributed by atoms with van der Waals surface area (Å²) in [4.78, 5) is 1.67. The van der Waals surface area contributed by atoms with E-state index in [-0.39, 0.29) is 5.82 Å². The lowest BCUT2D eigenvalue weighted by Gasteiger charge is -2.10. The summed E-state index contributed by atoms with van der Waals surface area (Å²) in [5.41, 5.74) is 4.83. The summed E-state index contributed by atoms with van der Waals surface area (Å²) in [6.07, 6.45) is 0.838. The van der Waals surface area contributed by atoms with Gasteiger partial charge < -0.3 is 14.8 Å². The molecule has 0 aliphatic carbocycles. The van der Waals surface area contributed by atoms with Crippen LogP contribution >= 0.6 is 0 Å². The Kier molecular flexibility index (Phi) is 7.32. The SMILES string of the molecule is COc1ccc(CCNCc2nn(Cc3ccc(F)cc3)nc2-c2ccccc2)cc1OC. The second kappa shape index (κ2) is 10.7. The topological polar surface area (TPSA) is 61.2 Å². The first kappa shape index (κ1) is 22.5. The zero-order chi connectivity index (χ0) is 23.0. The van der Waals surface area contributed by atoms with Crippen LogP contribution in [-0.2, 0) is 19.5 Å². The van der Waals surface area contributed by atoms with Crippen molar-refractivity contribution in [2.75, 3.05) is 20.8 Å². The fraction of sp³-hybridized carbons (Fsp3) is 0.231. The van der Waals surface area contributed by atoms with E-state index in [0.717, 1.165) is 52.5 Å². The summed E-state index contributed by atoms with van der Waals surface area (Å²) < 4.78 is 23.9. The van der Waals surface area contributed by atoms with Crippen LogP contribution < -0.4 is 14.8 Å². The summed E-state index contributed by atoms with van der Waals surface area (Å²) in [6, 6.07) is 22.4. The highest BCUT2D eigenvalue weighted by Crippen LogP contribution is 2.27. The number of halogens is 1. The number of ether oxygens (including phenoxy) is 2. The van der Waals surface area contributed by atoms with Crippen LogP contribution in [0.4, 0.5) is 4.39 Å². The lowest BCUT2D eigenvalue weighted by atomic mass is 10.1. The Morgan fingerprint density at radius 3 is 2.30 bits per heavy atom. The van der Waals surface area contributed by atoms with Gasteiger partial charge >= 0.3 is 0 Å². The molecule has 1 aromatic heterocycles. The molecule has 1 N–H and O–H groups in total. The largest absolute Gasteiger partial charge is 0.493 e. The zero-order valence-corrected chi connectivity index (χ0v) is 18.8. The Morgan fingerprint density at radius 2 is 1.58 bits per heavy atom. The minimum absolute atomic E-state index is 0.253.